The highest BCUT2D eigenvalue weighted by Crippen LogP contribution is 2.34. The lowest BCUT2D eigenvalue weighted by atomic mass is 9.95. The Bertz CT molecular complexity index is 894. The number of hydrogen-bond donors (Lipinski definition) is 1. The quantitative estimate of drug-likeness (QED) is 0.837. The molecule has 0 radical (unpaired) electrons. The maximum atomic E-state index is 13.2. The van der Waals surface area contributed by atoms with Gasteiger partial charge in [0.2, 0.25) is 5.91 Å². The minimum Gasteiger partial charge on any atom is -0.487 e. The van der Waals surface area contributed by atoms with Crippen molar-refractivity contribution in [2.75, 3.05) is 24.5 Å². The molecule has 2 aliphatic rings. The Hall–Kier alpha value is -3.02. The summed E-state index contributed by atoms with van der Waals surface area (Å²) >= 11 is 0. The van der Waals surface area contributed by atoms with Gasteiger partial charge in [-0.05, 0) is 44.4 Å². The number of benzene rings is 2. The van der Waals surface area contributed by atoms with Crippen LogP contribution < -0.4 is 15.0 Å². The van der Waals surface area contributed by atoms with Gasteiger partial charge in [-0.25, -0.2) is 4.79 Å². The highest BCUT2D eigenvalue weighted by molar-refractivity contribution is 5.94. The molecule has 0 bridgehead atoms. The molecule has 2 atom stereocenters. The number of rotatable bonds is 3. The first-order valence-corrected chi connectivity index (χ1v) is 10.7. The number of likely N-dealkylation sites (tertiary alicyclic amines) is 1. The maximum Gasteiger partial charge on any atom is 0.324 e. The van der Waals surface area contributed by atoms with E-state index in [2.05, 4.69) is 5.32 Å². The second-order valence-electron chi connectivity index (χ2n) is 8.19. The predicted octanol–water partition coefficient (Wildman–Crippen LogP) is 3.98. The minimum atomic E-state index is -0.0592. The van der Waals surface area contributed by atoms with Gasteiger partial charge in [0.25, 0.3) is 0 Å². The van der Waals surface area contributed by atoms with E-state index in [0.29, 0.717) is 32.5 Å². The number of ether oxygens (including phenoxy) is 1. The van der Waals surface area contributed by atoms with E-state index in [9.17, 15) is 9.59 Å². The van der Waals surface area contributed by atoms with Crippen LogP contribution in [0.2, 0.25) is 0 Å². The first-order chi connectivity index (χ1) is 14.5. The fourth-order valence-electron chi connectivity index (χ4n) is 4.23. The molecule has 6 heteroatoms. The lowest BCUT2D eigenvalue weighted by Crippen LogP contribution is -2.52. The van der Waals surface area contributed by atoms with Crippen LogP contribution in [0.3, 0.4) is 0 Å². The molecule has 2 heterocycles. The zero-order valence-corrected chi connectivity index (χ0v) is 17.6. The Kier molecular flexibility index (Phi) is 5.93. The normalized spacial score (nSPS) is 20.1. The third-order valence-electron chi connectivity index (χ3n) is 5.95. The second-order valence-corrected chi connectivity index (χ2v) is 8.19. The van der Waals surface area contributed by atoms with E-state index in [1.807, 2.05) is 73.3 Å². The number of hydrogen-bond acceptors (Lipinski definition) is 3. The molecule has 2 aromatic rings. The molecule has 0 unspecified atom stereocenters. The molecule has 0 spiro atoms. The van der Waals surface area contributed by atoms with Crippen LogP contribution in [-0.4, -0.2) is 42.6 Å². The van der Waals surface area contributed by atoms with Gasteiger partial charge in [0, 0.05) is 19.0 Å². The number of amides is 3. The summed E-state index contributed by atoms with van der Waals surface area (Å²) in [4.78, 5) is 29.6. The van der Waals surface area contributed by atoms with E-state index in [1.54, 1.807) is 4.90 Å². The predicted molar refractivity (Wildman–Crippen MR) is 117 cm³/mol. The zero-order chi connectivity index (χ0) is 21.1. The lowest BCUT2D eigenvalue weighted by molar-refractivity contribution is -0.126. The van der Waals surface area contributed by atoms with Crippen LogP contribution in [0.25, 0.3) is 0 Å². The Labute approximate surface area is 177 Å². The molecule has 0 aliphatic carbocycles. The molecule has 158 valence electrons. The molecule has 1 fully saturated rings. The van der Waals surface area contributed by atoms with Gasteiger partial charge >= 0.3 is 6.03 Å². The van der Waals surface area contributed by atoms with Crippen LogP contribution in [0.5, 0.6) is 5.75 Å². The van der Waals surface area contributed by atoms with Gasteiger partial charge in [0.1, 0.15) is 11.9 Å². The summed E-state index contributed by atoms with van der Waals surface area (Å²) in [5, 5.41) is 3.12. The minimum absolute atomic E-state index is 0.00545. The summed E-state index contributed by atoms with van der Waals surface area (Å²) in [7, 11) is 0. The molecule has 0 aromatic heterocycles. The Morgan fingerprint density at radius 1 is 1.03 bits per heavy atom. The number of piperidine rings is 1. The third-order valence-corrected chi connectivity index (χ3v) is 5.95. The average molecular weight is 408 g/mol. The van der Waals surface area contributed by atoms with E-state index in [0.717, 1.165) is 17.0 Å². The van der Waals surface area contributed by atoms with Crippen molar-refractivity contribution in [3.05, 3.63) is 60.2 Å². The molecule has 0 saturated carbocycles. The average Bonchev–Trinajstić information content (AvgIpc) is 2.78. The van der Waals surface area contributed by atoms with Crippen molar-refractivity contribution in [2.24, 2.45) is 5.92 Å². The topological polar surface area (TPSA) is 61.9 Å². The van der Waals surface area contributed by atoms with E-state index in [-0.39, 0.29) is 30.0 Å². The van der Waals surface area contributed by atoms with Crippen molar-refractivity contribution in [1.82, 2.24) is 10.2 Å². The van der Waals surface area contributed by atoms with Crippen LogP contribution in [0.1, 0.15) is 38.3 Å². The molecule has 2 aromatic carbocycles. The number of fused-ring (bicyclic) bond motifs is 1. The van der Waals surface area contributed by atoms with E-state index >= 15 is 0 Å². The Balaban J connectivity index is 1.34. The molecule has 4 rings (SSSR count). The van der Waals surface area contributed by atoms with Crippen LogP contribution in [0, 0.1) is 5.92 Å². The highest BCUT2D eigenvalue weighted by Gasteiger charge is 2.34. The van der Waals surface area contributed by atoms with Crippen molar-refractivity contribution in [3.63, 3.8) is 0 Å². The van der Waals surface area contributed by atoms with E-state index < -0.39 is 0 Å². The Morgan fingerprint density at radius 3 is 2.43 bits per heavy atom. The number of anilines is 1. The molecule has 2 aliphatic heterocycles. The van der Waals surface area contributed by atoms with Crippen molar-refractivity contribution in [2.45, 2.75) is 38.8 Å². The summed E-state index contributed by atoms with van der Waals surface area (Å²) in [6, 6.07) is 17.6. The van der Waals surface area contributed by atoms with Gasteiger partial charge in [0.15, 0.2) is 0 Å². The summed E-state index contributed by atoms with van der Waals surface area (Å²) in [6.07, 6.45) is 1.31. The largest absolute Gasteiger partial charge is 0.487 e. The smallest absolute Gasteiger partial charge is 0.324 e. The van der Waals surface area contributed by atoms with Gasteiger partial charge in [-0.15, -0.1) is 0 Å². The van der Waals surface area contributed by atoms with Crippen LogP contribution in [0.4, 0.5) is 10.5 Å². The lowest BCUT2D eigenvalue weighted by Gasteiger charge is -2.39. The highest BCUT2D eigenvalue weighted by atomic mass is 16.5. The molecule has 1 N–H and O–H groups in total. The van der Waals surface area contributed by atoms with E-state index in [1.165, 1.54) is 0 Å². The van der Waals surface area contributed by atoms with Crippen molar-refractivity contribution in [3.8, 4) is 5.75 Å². The number of carbonyl (C=O) groups excluding carboxylic acids is 2. The van der Waals surface area contributed by atoms with Gasteiger partial charge in [-0.3, -0.25) is 9.69 Å². The van der Waals surface area contributed by atoms with Gasteiger partial charge < -0.3 is 15.0 Å². The van der Waals surface area contributed by atoms with Crippen LogP contribution in [0.15, 0.2) is 54.6 Å². The van der Waals surface area contributed by atoms with E-state index in [4.69, 9.17) is 4.74 Å². The number of nitrogens with zero attached hydrogens (tertiary/aromatic N) is 2. The SMILES string of the molecule is C[C@@H]1CN(C(=O)N2CCC(C(=O)N[C@@H](C)c3ccccc3)CC2)c2ccccc2O1. The third kappa shape index (κ3) is 4.27. The number of para-hydroxylation sites is 2. The first kappa shape index (κ1) is 20.3. The van der Waals surface area contributed by atoms with Crippen LogP contribution >= 0.6 is 0 Å². The summed E-state index contributed by atoms with van der Waals surface area (Å²) < 4.78 is 5.86. The monoisotopic (exact) mass is 407 g/mol. The number of urea groups is 1. The Morgan fingerprint density at radius 2 is 1.70 bits per heavy atom. The van der Waals surface area contributed by atoms with Gasteiger partial charge in [0.05, 0.1) is 18.3 Å². The second kappa shape index (κ2) is 8.78. The summed E-state index contributed by atoms with van der Waals surface area (Å²) in [5.74, 6) is 0.758. The molecule has 6 nitrogen and oxygen atoms in total. The van der Waals surface area contributed by atoms with Gasteiger partial charge in [-0.1, -0.05) is 42.5 Å². The molecule has 30 heavy (non-hydrogen) atoms. The fourth-order valence-corrected chi connectivity index (χ4v) is 4.23. The number of nitrogens with one attached hydrogen (secondary N) is 1. The fraction of sp³-hybridized carbons (Fsp3) is 0.417. The van der Waals surface area contributed by atoms with Crippen molar-refractivity contribution < 1.29 is 14.3 Å². The maximum absolute atomic E-state index is 13.2. The van der Waals surface area contributed by atoms with Crippen molar-refractivity contribution >= 4 is 17.6 Å². The zero-order valence-electron chi connectivity index (χ0n) is 17.6. The number of carbonyl (C=O) groups is 2. The standard InChI is InChI=1S/C24H29N3O3/c1-17-16-27(21-10-6-7-11-22(21)30-17)24(29)26-14-12-20(13-15-26)23(28)25-18(2)19-8-4-3-5-9-19/h3-11,17-18,20H,12-16H2,1-2H3,(H,25,28)/t17-,18+/m1/s1. The first-order valence-electron chi connectivity index (χ1n) is 10.7. The van der Waals surface area contributed by atoms with Gasteiger partial charge in [-0.2, -0.15) is 0 Å². The molecule has 3 amide bonds. The molecular weight excluding hydrogens is 378 g/mol. The van der Waals surface area contributed by atoms with Crippen LogP contribution in [-0.2, 0) is 4.79 Å². The van der Waals surface area contributed by atoms with Crippen molar-refractivity contribution in [1.29, 1.82) is 0 Å². The molecular formula is C24H29N3O3. The molecule has 1 saturated heterocycles. The summed E-state index contributed by atoms with van der Waals surface area (Å²) in [6.45, 7) is 5.68. The summed E-state index contributed by atoms with van der Waals surface area (Å²) in [5.41, 5.74) is 1.91.